The van der Waals surface area contributed by atoms with Gasteiger partial charge in [0, 0.05) is 24.2 Å². The van der Waals surface area contributed by atoms with Crippen LogP contribution in [0.4, 0.5) is 0 Å². The maximum atomic E-state index is 4.14. The van der Waals surface area contributed by atoms with E-state index in [1.54, 1.807) is 0 Å². The zero-order chi connectivity index (χ0) is 11.4. The fourth-order valence-corrected chi connectivity index (χ4v) is 5.80. The maximum absolute atomic E-state index is 4.14. The van der Waals surface area contributed by atoms with Crippen molar-refractivity contribution in [3.05, 3.63) is 18.7 Å². The SMILES string of the molecule is CCC1CCSC(CC)(Cn2ccnc2)S1. The molecule has 0 spiro atoms. The molecule has 0 bridgehead atoms. The van der Waals surface area contributed by atoms with E-state index >= 15 is 0 Å². The van der Waals surface area contributed by atoms with E-state index in [1.165, 1.54) is 25.0 Å². The molecule has 0 aliphatic carbocycles. The third-order valence-electron chi connectivity index (χ3n) is 3.16. The molecule has 2 heterocycles. The predicted molar refractivity (Wildman–Crippen MR) is 74.0 cm³/mol. The van der Waals surface area contributed by atoms with Gasteiger partial charge in [-0.1, -0.05) is 13.8 Å². The van der Waals surface area contributed by atoms with Gasteiger partial charge in [0.25, 0.3) is 0 Å². The Morgan fingerprint density at radius 1 is 1.50 bits per heavy atom. The fourth-order valence-electron chi connectivity index (χ4n) is 2.10. The van der Waals surface area contributed by atoms with Gasteiger partial charge in [0.1, 0.15) is 0 Å². The van der Waals surface area contributed by atoms with Crippen LogP contribution in [0.15, 0.2) is 18.7 Å². The zero-order valence-corrected chi connectivity index (χ0v) is 11.7. The first-order valence-corrected chi connectivity index (χ1v) is 7.92. The van der Waals surface area contributed by atoms with Crippen LogP contribution < -0.4 is 0 Å². The third-order valence-corrected chi connectivity index (χ3v) is 6.94. The highest BCUT2D eigenvalue weighted by Gasteiger charge is 2.36. The summed E-state index contributed by atoms with van der Waals surface area (Å²) in [4.78, 5) is 4.14. The number of imidazole rings is 1. The van der Waals surface area contributed by atoms with Crippen molar-refractivity contribution in [2.75, 3.05) is 5.75 Å². The third kappa shape index (κ3) is 2.77. The Morgan fingerprint density at radius 2 is 2.38 bits per heavy atom. The minimum Gasteiger partial charge on any atom is -0.335 e. The van der Waals surface area contributed by atoms with Crippen LogP contribution in [0.5, 0.6) is 0 Å². The van der Waals surface area contributed by atoms with E-state index in [2.05, 4.69) is 53.1 Å². The lowest BCUT2D eigenvalue weighted by Crippen LogP contribution is -2.32. The van der Waals surface area contributed by atoms with E-state index in [4.69, 9.17) is 0 Å². The van der Waals surface area contributed by atoms with Gasteiger partial charge in [-0.15, -0.1) is 23.5 Å². The maximum Gasteiger partial charge on any atom is 0.0946 e. The molecule has 0 saturated carbocycles. The molecule has 2 atom stereocenters. The Labute approximate surface area is 107 Å². The van der Waals surface area contributed by atoms with Crippen molar-refractivity contribution >= 4 is 23.5 Å². The quantitative estimate of drug-likeness (QED) is 0.819. The van der Waals surface area contributed by atoms with Gasteiger partial charge in [-0.05, 0) is 25.0 Å². The number of rotatable bonds is 4. The number of nitrogens with zero attached hydrogens (tertiary/aromatic N) is 2. The normalized spacial score (nSPS) is 30.5. The van der Waals surface area contributed by atoms with Crippen LogP contribution >= 0.6 is 23.5 Å². The zero-order valence-electron chi connectivity index (χ0n) is 10.1. The van der Waals surface area contributed by atoms with Crippen LogP contribution in [0.1, 0.15) is 33.1 Å². The van der Waals surface area contributed by atoms with Gasteiger partial charge < -0.3 is 4.57 Å². The van der Waals surface area contributed by atoms with Gasteiger partial charge in [-0.3, -0.25) is 0 Å². The monoisotopic (exact) mass is 256 g/mol. The van der Waals surface area contributed by atoms with Gasteiger partial charge in [0.2, 0.25) is 0 Å². The summed E-state index contributed by atoms with van der Waals surface area (Å²) >= 11 is 4.33. The second-order valence-corrected chi connectivity index (χ2v) is 7.71. The van der Waals surface area contributed by atoms with Crippen LogP contribution in [0.3, 0.4) is 0 Å². The van der Waals surface area contributed by atoms with Crippen molar-refractivity contribution in [1.82, 2.24) is 9.55 Å². The molecule has 1 fully saturated rings. The standard InChI is InChI=1S/C12H20N2S2/c1-3-11-5-8-15-12(4-2,16-11)9-14-7-6-13-10-14/h6-7,10-11H,3-5,8-9H2,1-2H3. The topological polar surface area (TPSA) is 17.8 Å². The van der Waals surface area contributed by atoms with Gasteiger partial charge in [-0.25, -0.2) is 4.98 Å². The van der Waals surface area contributed by atoms with Gasteiger partial charge in [0.05, 0.1) is 10.4 Å². The molecule has 2 rings (SSSR count). The highest BCUT2D eigenvalue weighted by molar-refractivity contribution is 8.19. The van der Waals surface area contributed by atoms with E-state index < -0.39 is 0 Å². The number of thioether (sulfide) groups is 2. The molecule has 0 radical (unpaired) electrons. The second-order valence-electron chi connectivity index (χ2n) is 4.28. The fraction of sp³-hybridized carbons (Fsp3) is 0.750. The Hall–Kier alpha value is -0.0900. The summed E-state index contributed by atoms with van der Waals surface area (Å²) < 4.78 is 2.60. The smallest absolute Gasteiger partial charge is 0.0946 e. The predicted octanol–water partition coefficient (Wildman–Crippen LogP) is 3.64. The minimum atomic E-state index is 0.375. The van der Waals surface area contributed by atoms with Crippen molar-refractivity contribution in [3.63, 3.8) is 0 Å². The van der Waals surface area contributed by atoms with Crippen LogP contribution in [-0.2, 0) is 6.54 Å². The summed E-state index contributed by atoms with van der Waals surface area (Å²) in [6.07, 6.45) is 9.80. The van der Waals surface area contributed by atoms with E-state index in [0.29, 0.717) is 4.08 Å². The first-order valence-electron chi connectivity index (χ1n) is 6.05. The average molecular weight is 256 g/mol. The summed E-state index contributed by atoms with van der Waals surface area (Å²) in [5, 5.41) is 0.852. The lowest BCUT2D eigenvalue weighted by atomic mass is 10.2. The van der Waals surface area contributed by atoms with Crippen LogP contribution in [-0.4, -0.2) is 24.6 Å². The first kappa shape index (κ1) is 12.4. The van der Waals surface area contributed by atoms with Gasteiger partial charge >= 0.3 is 0 Å². The highest BCUT2D eigenvalue weighted by Crippen LogP contribution is 2.49. The Morgan fingerprint density at radius 3 is 3.00 bits per heavy atom. The summed E-state index contributed by atoms with van der Waals surface area (Å²) in [6.45, 7) is 5.72. The molecule has 1 aliphatic rings. The van der Waals surface area contributed by atoms with E-state index in [-0.39, 0.29) is 0 Å². The second kappa shape index (κ2) is 5.50. The molecular weight excluding hydrogens is 236 g/mol. The summed E-state index contributed by atoms with van der Waals surface area (Å²) in [6, 6.07) is 0. The van der Waals surface area contributed by atoms with Gasteiger partial charge in [-0.2, -0.15) is 0 Å². The Bertz CT molecular complexity index is 313. The lowest BCUT2D eigenvalue weighted by Gasteiger charge is -2.39. The molecule has 2 nitrogen and oxygen atoms in total. The first-order chi connectivity index (χ1) is 7.78. The molecule has 0 N–H and O–H groups in total. The summed E-state index contributed by atoms with van der Waals surface area (Å²) in [7, 11) is 0. The number of hydrogen-bond acceptors (Lipinski definition) is 3. The van der Waals surface area contributed by atoms with Crippen molar-refractivity contribution in [1.29, 1.82) is 0 Å². The molecule has 4 heteroatoms. The average Bonchev–Trinajstić information content (AvgIpc) is 2.82. The van der Waals surface area contributed by atoms with Crippen molar-refractivity contribution in [2.45, 2.75) is 49.0 Å². The molecule has 1 aromatic heterocycles. The van der Waals surface area contributed by atoms with Crippen molar-refractivity contribution < 1.29 is 0 Å². The lowest BCUT2D eigenvalue weighted by molar-refractivity contribution is 0.598. The molecule has 16 heavy (non-hydrogen) atoms. The van der Waals surface area contributed by atoms with Crippen LogP contribution in [0, 0.1) is 0 Å². The number of aromatic nitrogens is 2. The summed E-state index contributed by atoms with van der Waals surface area (Å²) in [5.41, 5.74) is 0. The molecule has 2 unspecified atom stereocenters. The van der Waals surface area contributed by atoms with Crippen molar-refractivity contribution in [3.8, 4) is 0 Å². The molecule has 0 amide bonds. The van der Waals surface area contributed by atoms with Crippen LogP contribution in [0.2, 0.25) is 0 Å². The molecule has 1 aliphatic heterocycles. The largest absolute Gasteiger partial charge is 0.335 e. The molecular formula is C12H20N2S2. The summed E-state index contributed by atoms with van der Waals surface area (Å²) in [5.74, 6) is 1.31. The highest BCUT2D eigenvalue weighted by atomic mass is 32.2. The number of hydrogen-bond donors (Lipinski definition) is 0. The molecule has 1 aromatic rings. The van der Waals surface area contributed by atoms with Crippen molar-refractivity contribution in [2.24, 2.45) is 0 Å². The van der Waals surface area contributed by atoms with Gasteiger partial charge in [0.15, 0.2) is 0 Å². The molecule has 0 aromatic carbocycles. The Kier molecular flexibility index (Phi) is 4.25. The minimum absolute atomic E-state index is 0.375. The van der Waals surface area contributed by atoms with Crippen LogP contribution in [0.25, 0.3) is 0 Å². The van der Waals surface area contributed by atoms with E-state index in [9.17, 15) is 0 Å². The van der Waals surface area contributed by atoms with E-state index in [0.717, 1.165) is 11.8 Å². The Balaban J connectivity index is 2.06. The van der Waals surface area contributed by atoms with E-state index in [1.807, 2.05) is 12.5 Å². The molecule has 90 valence electrons. The molecule has 1 saturated heterocycles.